The minimum atomic E-state index is -1.06. The molecule has 0 radical (unpaired) electrons. The fourth-order valence-electron chi connectivity index (χ4n) is 2.49. The second-order valence-corrected chi connectivity index (χ2v) is 5.79. The third-order valence-electron chi connectivity index (χ3n) is 3.91. The van der Waals surface area contributed by atoms with Gasteiger partial charge in [0.2, 0.25) is 0 Å². The second kappa shape index (κ2) is 8.19. The molecule has 0 saturated heterocycles. The van der Waals surface area contributed by atoms with Crippen molar-refractivity contribution >= 4 is 23.3 Å². The summed E-state index contributed by atoms with van der Waals surface area (Å²) in [7, 11) is 1.24. The SMILES string of the molecule is COC(=O)[C@@H](Cc1cc(C)c(N)c(N)c1)C(=O)OCc1ccccc1. The van der Waals surface area contributed by atoms with E-state index in [2.05, 4.69) is 0 Å². The largest absolute Gasteiger partial charge is 0.468 e. The molecule has 0 bridgehead atoms. The number of esters is 2. The molecule has 0 amide bonds. The number of hydrogen-bond donors (Lipinski definition) is 2. The number of rotatable bonds is 6. The fraction of sp³-hybridized carbons (Fsp3) is 0.263. The summed E-state index contributed by atoms with van der Waals surface area (Å²) in [6.45, 7) is 1.91. The molecule has 0 saturated carbocycles. The van der Waals surface area contributed by atoms with Crippen LogP contribution in [-0.4, -0.2) is 19.0 Å². The van der Waals surface area contributed by atoms with Gasteiger partial charge in [-0.05, 0) is 36.1 Å². The van der Waals surface area contributed by atoms with E-state index < -0.39 is 17.9 Å². The van der Waals surface area contributed by atoms with Gasteiger partial charge in [-0.25, -0.2) is 0 Å². The van der Waals surface area contributed by atoms with Gasteiger partial charge in [-0.2, -0.15) is 0 Å². The fourth-order valence-corrected chi connectivity index (χ4v) is 2.49. The molecule has 2 aromatic rings. The van der Waals surface area contributed by atoms with Crippen molar-refractivity contribution in [1.82, 2.24) is 0 Å². The van der Waals surface area contributed by atoms with E-state index in [1.54, 1.807) is 12.1 Å². The zero-order valence-electron chi connectivity index (χ0n) is 14.3. The molecule has 0 aliphatic heterocycles. The Bertz CT molecular complexity index is 736. The van der Waals surface area contributed by atoms with Crippen LogP contribution >= 0.6 is 0 Å². The molecule has 2 rings (SSSR count). The van der Waals surface area contributed by atoms with E-state index in [0.29, 0.717) is 11.4 Å². The maximum Gasteiger partial charge on any atom is 0.321 e. The highest BCUT2D eigenvalue weighted by molar-refractivity contribution is 5.95. The number of aryl methyl sites for hydroxylation is 1. The lowest BCUT2D eigenvalue weighted by atomic mass is 9.97. The van der Waals surface area contributed by atoms with Gasteiger partial charge in [0.25, 0.3) is 0 Å². The third-order valence-corrected chi connectivity index (χ3v) is 3.91. The Hall–Kier alpha value is -3.02. The summed E-state index contributed by atoms with van der Waals surface area (Å²) < 4.78 is 10.0. The van der Waals surface area contributed by atoms with E-state index in [-0.39, 0.29) is 13.0 Å². The van der Waals surface area contributed by atoms with Crippen molar-refractivity contribution in [3.8, 4) is 0 Å². The Labute approximate surface area is 146 Å². The number of carbonyl (C=O) groups excluding carboxylic acids is 2. The van der Waals surface area contributed by atoms with Gasteiger partial charge in [-0.3, -0.25) is 9.59 Å². The smallest absolute Gasteiger partial charge is 0.321 e. The number of carbonyl (C=O) groups is 2. The molecule has 25 heavy (non-hydrogen) atoms. The summed E-state index contributed by atoms with van der Waals surface area (Å²) >= 11 is 0. The number of nitrogens with two attached hydrogens (primary N) is 2. The lowest BCUT2D eigenvalue weighted by Crippen LogP contribution is -2.29. The first-order valence-electron chi connectivity index (χ1n) is 7.85. The highest BCUT2D eigenvalue weighted by Crippen LogP contribution is 2.24. The summed E-state index contributed by atoms with van der Waals surface area (Å²) in [4.78, 5) is 24.4. The summed E-state index contributed by atoms with van der Waals surface area (Å²) in [5.74, 6) is -2.34. The van der Waals surface area contributed by atoms with Gasteiger partial charge in [-0.15, -0.1) is 0 Å². The molecule has 132 valence electrons. The molecule has 4 N–H and O–H groups in total. The topological polar surface area (TPSA) is 105 Å². The molecule has 0 unspecified atom stereocenters. The Balaban J connectivity index is 2.13. The molecule has 2 aromatic carbocycles. The summed E-state index contributed by atoms with van der Waals surface area (Å²) in [5.41, 5.74) is 14.9. The predicted molar refractivity (Wildman–Crippen MR) is 95.5 cm³/mol. The van der Waals surface area contributed by atoms with Gasteiger partial charge in [0.1, 0.15) is 6.61 Å². The maximum absolute atomic E-state index is 12.4. The van der Waals surface area contributed by atoms with Crippen molar-refractivity contribution in [2.45, 2.75) is 20.0 Å². The van der Waals surface area contributed by atoms with Crippen LogP contribution in [0.25, 0.3) is 0 Å². The lowest BCUT2D eigenvalue weighted by Gasteiger charge is -2.15. The van der Waals surface area contributed by atoms with E-state index in [0.717, 1.165) is 16.7 Å². The minimum absolute atomic E-state index is 0.0933. The van der Waals surface area contributed by atoms with Crippen LogP contribution in [0.5, 0.6) is 0 Å². The maximum atomic E-state index is 12.4. The lowest BCUT2D eigenvalue weighted by molar-refractivity contribution is -0.161. The Morgan fingerprint density at radius 2 is 1.72 bits per heavy atom. The minimum Gasteiger partial charge on any atom is -0.468 e. The van der Waals surface area contributed by atoms with Crippen LogP contribution in [0, 0.1) is 12.8 Å². The predicted octanol–water partition coefficient (Wildman–Crippen LogP) is 2.23. The van der Waals surface area contributed by atoms with Crippen LogP contribution in [-0.2, 0) is 32.1 Å². The van der Waals surface area contributed by atoms with Crippen molar-refractivity contribution in [3.63, 3.8) is 0 Å². The highest BCUT2D eigenvalue weighted by Gasteiger charge is 2.30. The number of ether oxygens (including phenoxy) is 2. The van der Waals surface area contributed by atoms with Crippen molar-refractivity contribution < 1.29 is 19.1 Å². The standard InChI is InChI=1S/C19H22N2O4/c1-12-8-14(10-16(20)17(12)21)9-15(18(22)24-2)19(23)25-11-13-6-4-3-5-7-13/h3-8,10,15H,9,11,20-21H2,1-2H3/t15-/m1/s1. The monoisotopic (exact) mass is 342 g/mol. The van der Waals surface area contributed by atoms with Crippen molar-refractivity contribution in [2.75, 3.05) is 18.6 Å². The van der Waals surface area contributed by atoms with E-state index in [1.165, 1.54) is 7.11 Å². The molecular weight excluding hydrogens is 320 g/mol. The van der Waals surface area contributed by atoms with Gasteiger partial charge < -0.3 is 20.9 Å². The molecule has 6 heteroatoms. The van der Waals surface area contributed by atoms with Crippen LogP contribution in [0.2, 0.25) is 0 Å². The third kappa shape index (κ3) is 4.73. The van der Waals surface area contributed by atoms with E-state index in [1.807, 2.05) is 37.3 Å². The van der Waals surface area contributed by atoms with Gasteiger partial charge in [0.05, 0.1) is 18.5 Å². The van der Waals surface area contributed by atoms with Crippen LogP contribution in [0.3, 0.4) is 0 Å². The van der Waals surface area contributed by atoms with Crippen molar-refractivity contribution in [1.29, 1.82) is 0 Å². The number of anilines is 2. The van der Waals surface area contributed by atoms with Gasteiger partial charge in [-0.1, -0.05) is 36.4 Å². The quantitative estimate of drug-likeness (QED) is 0.474. The molecule has 0 heterocycles. The first-order valence-corrected chi connectivity index (χ1v) is 7.85. The van der Waals surface area contributed by atoms with Crippen LogP contribution in [0.15, 0.2) is 42.5 Å². The van der Waals surface area contributed by atoms with Crippen LogP contribution < -0.4 is 11.5 Å². The average Bonchev–Trinajstić information content (AvgIpc) is 2.62. The first kappa shape index (κ1) is 18.3. The Morgan fingerprint density at radius 3 is 2.32 bits per heavy atom. The molecule has 0 aliphatic carbocycles. The van der Waals surface area contributed by atoms with Crippen molar-refractivity contribution in [3.05, 3.63) is 59.2 Å². The average molecular weight is 342 g/mol. The second-order valence-electron chi connectivity index (χ2n) is 5.79. The number of methoxy groups -OCH3 is 1. The normalized spacial score (nSPS) is 11.6. The molecule has 0 aliphatic rings. The summed E-state index contributed by atoms with van der Waals surface area (Å²) in [6.07, 6.45) is 0.131. The van der Waals surface area contributed by atoms with E-state index in [4.69, 9.17) is 20.9 Å². The van der Waals surface area contributed by atoms with E-state index >= 15 is 0 Å². The molecular formula is C19H22N2O4. The van der Waals surface area contributed by atoms with E-state index in [9.17, 15) is 9.59 Å². The summed E-state index contributed by atoms with van der Waals surface area (Å²) in [5, 5.41) is 0. The Kier molecular flexibility index (Phi) is 6.00. The highest BCUT2D eigenvalue weighted by atomic mass is 16.5. The zero-order valence-corrected chi connectivity index (χ0v) is 14.3. The zero-order chi connectivity index (χ0) is 18.4. The van der Waals surface area contributed by atoms with Gasteiger partial charge in [0, 0.05) is 0 Å². The first-order chi connectivity index (χ1) is 11.9. The van der Waals surface area contributed by atoms with Crippen molar-refractivity contribution in [2.24, 2.45) is 5.92 Å². The molecule has 1 atom stereocenters. The molecule has 0 aromatic heterocycles. The number of benzene rings is 2. The summed E-state index contributed by atoms with van der Waals surface area (Å²) in [6, 6.07) is 12.7. The number of nitrogen functional groups attached to an aromatic ring is 2. The Morgan fingerprint density at radius 1 is 1.04 bits per heavy atom. The number of hydrogen-bond acceptors (Lipinski definition) is 6. The molecule has 0 spiro atoms. The molecule has 6 nitrogen and oxygen atoms in total. The van der Waals surface area contributed by atoms with Crippen LogP contribution in [0.4, 0.5) is 11.4 Å². The van der Waals surface area contributed by atoms with Gasteiger partial charge >= 0.3 is 11.9 Å². The van der Waals surface area contributed by atoms with Gasteiger partial charge in [0.15, 0.2) is 5.92 Å². The molecule has 0 fully saturated rings. The van der Waals surface area contributed by atoms with Crippen LogP contribution in [0.1, 0.15) is 16.7 Å².